The van der Waals surface area contributed by atoms with Crippen LogP contribution in [0.1, 0.15) is 23.1 Å². The molecule has 1 aromatic carbocycles. The zero-order valence-electron chi connectivity index (χ0n) is 15.5. The third kappa shape index (κ3) is 4.11. The largest absolute Gasteiger partial charge is 0.465 e. The second-order valence-electron chi connectivity index (χ2n) is 6.24. The molecule has 1 fully saturated rings. The number of para-hydroxylation sites is 1. The SMILES string of the molecule is CCN1CCN(c2cc(Nc3ccccc3C(=O)OC)nc(C)n2)CC1. The number of nitrogens with one attached hydrogen (secondary N) is 1. The van der Waals surface area contributed by atoms with E-state index >= 15 is 0 Å². The van der Waals surface area contributed by atoms with Gasteiger partial charge < -0.3 is 19.9 Å². The van der Waals surface area contributed by atoms with Gasteiger partial charge in [0.15, 0.2) is 0 Å². The van der Waals surface area contributed by atoms with Crippen LogP contribution < -0.4 is 10.2 Å². The van der Waals surface area contributed by atoms with E-state index in [2.05, 4.69) is 32.0 Å². The molecule has 0 radical (unpaired) electrons. The Morgan fingerprint density at radius 2 is 1.92 bits per heavy atom. The first-order valence-corrected chi connectivity index (χ1v) is 8.88. The highest BCUT2D eigenvalue weighted by atomic mass is 16.5. The molecule has 0 spiro atoms. The van der Waals surface area contributed by atoms with Crippen LogP contribution in [0.2, 0.25) is 0 Å². The van der Waals surface area contributed by atoms with Crippen LogP contribution in [0.3, 0.4) is 0 Å². The normalized spacial score (nSPS) is 15.0. The van der Waals surface area contributed by atoms with Gasteiger partial charge in [-0.1, -0.05) is 19.1 Å². The fraction of sp³-hybridized carbons (Fsp3) is 0.421. The first kappa shape index (κ1) is 18.1. The summed E-state index contributed by atoms with van der Waals surface area (Å²) in [5.74, 6) is 1.89. The van der Waals surface area contributed by atoms with Crippen LogP contribution in [0.25, 0.3) is 0 Å². The molecule has 0 atom stereocenters. The monoisotopic (exact) mass is 355 g/mol. The van der Waals surface area contributed by atoms with Crippen molar-refractivity contribution in [2.75, 3.05) is 50.1 Å². The van der Waals surface area contributed by atoms with Gasteiger partial charge in [-0.25, -0.2) is 14.8 Å². The van der Waals surface area contributed by atoms with Gasteiger partial charge in [0.2, 0.25) is 0 Å². The van der Waals surface area contributed by atoms with Crippen molar-refractivity contribution in [3.8, 4) is 0 Å². The van der Waals surface area contributed by atoms with Crippen molar-refractivity contribution in [2.45, 2.75) is 13.8 Å². The lowest BCUT2D eigenvalue weighted by molar-refractivity contribution is 0.0602. The number of piperazine rings is 1. The summed E-state index contributed by atoms with van der Waals surface area (Å²) in [7, 11) is 1.38. The minimum atomic E-state index is -0.380. The van der Waals surface area contributed by atoms with Crippen LogP contribution in [-0.2, 0) is 4.74 Å². The van der Waals surface area contributed by atoms with Crippen molar-refractivity contribution in [3.63, 3.8) is 0 Å². The zero-order valence-corrected chi connectivity index (χ0v) is 15.5. The van der Waals surface area contributed by atoms with E-state index in [1.165, 1.54) is 7.11 Å². The number of benzene rings is 1. The number of likely N-dealkylation sites (N-methyl/N-ethyl adjacent to an activating group) is 1. The number of hydrogen-bond donors (Lipinski definition) is 1. The Labute approximate surface area is 154 Å². The molecule has 2 aromatic rings. The molecule has 0 bridgehead atoms. The van der Waals surface area contributed by atoms with Gasteiger partial charge in [-0.15, -0.1) is 0 Å². The van der Waals surface area contributed by atoms with Gasteiger partial charge in [0.1, 0.15) is 17.5 Å². The summed E-state index contributed by atoms with van der Waals surface area (Å²) in [6.45, 7) is 9.11. The van der Waals surface area contributed by atoms with Crippen LogP contribution in [-0.4, -0.2) is 60.7 Å². The van der Waals surface area contributed by atoms with E-state index < -0.39 is 0 Å². The van der Waals surface area contributed by atoms with Crippen molar-refractivity contribution in [1.82, 2.24) is 14.9 Å². The molecule has 1 aliphatic rings. The van der Waals surface area contributed by atoms with Gasteiger partial charge in [0.25, 0.3) is 0 Å². The number of aromatic nitrogens is 2. The Balaban J connectivity index is 1.82. The molecular formula is C19H25N5O2. The first-order valence-electron chi connectivity index (χ1n) is 8.88. The Hall–Kier alpha value is -2.67. The number of hydrogen-bond acceptors (Lipinski definition) is 7. The Morgan fingerprint density at radius 1 is 1.19 bits per heavy atom. The van der Waals surface area contributed by atoms with E-state index in [0.717, 1.165) is 38.5 Å². The Kier molecular flexibility index (Phi) is 5.68. The maximum atomic E-state index is 12.0. The molecule has 138 valence electrons. The molecule has 7 nitrogen and oxygen atoms in total. The maximum Gasteiger partial charge on any atom is 0.339 e. The summed E-state index contributed by atoms with van der Waals surface area (Å²) in [5, 5.41) is 3.24. The van der Waals surface area contributed by atoms with Gasteiger partial charge in [-0.2, -0.15) is 0 Å². The van der Waals surface area contributed by atoms with E-state index in [0.29, 0.717) is 22.9 Å². The van der Waals surface area contributed by atoms with Gasteiger partial charge in [-0.3, -0.25) is 0 Å². The lowest BCUT2D eigenvalue weighted by Crippen LogP contribution is -2.46. The van der Waals surface area contributed by atoms with Crippen LogP contribution in [0.15, 0.2) is 30.3 Å². The second-order valence-corrected chi connectivity index (χ2v) is 6.24. The third-order valence-corrected chi connectivity index (χ3v) is 4.56. The summed E-state index contributed by atoms with van der Waals surface area (Å²) in [5.41, 5.74) is 1.14. The maximum absolute atomic E-state index is 12.0. The van der Waals surface area contributed by atoms with Crippen molar-refractivity contribution < 1.29 is 9.53 Å². The van der Waals surface area contributed by atoms with Crippen LogP contribution in [0, 0.1) is 6.92 Å². The number of carbonyl (C=O) groups excluding carboxylic acids is 1. The summed E-state index contributed by atoms with van der Waals surface area (Å²) in [6.07, 6.45) is 0. The molecule has 0 saturated carbocycles. The molecule has 0 amide bonds. The number of anilines is 3. The van der Waals surface area contributed by atoms with Crippen LogP contribution in [0.4, 0.5) is 17.3 Å². The quantitative estimate of drug-likeness (QED) is 0.826. The molecule has 1 saturated heterocycles. The molecule has 26 heavy (non-hydrogen) atoms. The third-order valence-electron chi connectivity index (χ3n) is 4.56. The number of ether oxygens (including phenoxy) is 1. The smallest absolute Gasteiger partial charge is 0.339 e. The minimum absolute atomic E-state index is 0.380. The van der Waals surface area contributed by atoms with E-state index in [1.807, 2.05) is 25.1 Å². The van der Waals surface area contributed by atoms with Crippen LogP contribution in [0.5, 0.6) is 0 Å². The summed E-state index contributed by atoms with van der Waals surface area (Å²) < 4.78 is 4.85. The Bertz CT molecular complexity index is 772. The van der Waals surface area contributed by atoms with Crippen molar-refractivity contribution in [3.05, 3.63) is 41.7 Å². The topological polar surface area (TPSA) is 70.6 Å². The minimum Gasteiger partial charge on any atom is -0.465 e. The van der Waals surface area contributed by atoms with Gasteiger partial charge in [0.05, 0.1) is 18.4 Å². The van der Waals surface area contributed by atoms with Crippen molar-refractivity contribution in [1.29, 1.82) is 0 Å². The van der Waals surface area contributed by atoms with Crippen molar-refractivity contribution >= 4 is 23.3 Å². The second kappa shape index (κ2) is 8.14. The van der Waals surface area contributed by atoms with E-state index in [1.54, 1.807) is 12.1 Å². The molecule has 0 unspecified atom stereocenters. The number of aryl methyl sites for hydroxylation is 1. The predicted octanol–water partition coefficient (Wildman–Crippen LogP) is 2.46. The first-order chi connectivity index (χ1) is 12.6. The van der Waals surface area contributed by atoms with Crippen molar-refractivity contribution in [2.24, 2.45) is 0 Å². The fourth-order valence-corrected chi connectivity index (χ4v) is 3.09. The molecule has 1 aromatic heterocycles. The highest BCUT2D eigenvalue weighted by Gasteiger charge is 2.18. The lowest BCUT2D eigenvalue weighted by atomic mass is 10.2. The predicted molar refractivity (Wildman–Crippen MR) is 102 cm³/mol. The highest BCUT2D eigenvalue weighted by molar-refractivity contribution is 5.96. The molecule has 1 aliphatic heterocycles. The molecular weight excluding hydrogens is 330 g/mol. The average Bonchev–Trinajstić information content (AvgIpc) is 2.67. The van der Waals surface area contributed by atoms with Gasteiger partial charge in [-0.05, 0) is 25.6 Å². The van der Waals surface area contributed by atoms with Crippen LogP contribution >= 0.6 is 0 Å². The Morgan fingerprint density at radius 3 is 2.62 bits per heavy atom. The van der Waals surface area contributed by atoms with E-state index in [4.69, 9.17) is 4.74 Å². The molecule has 3 rings (SSSR count). The number of nitrogens with zero attached hydrogens (tertiary/aromatic N) is 4. The number of methoxy groups -OCH3 is 1. The standard InChI is InChI=1S/C19H25N5O2/c1-4-23-9-11-24(12-10-23)18-13-17(20-14(2)21-18)22-16-8-6-5-7-15(16)19(25)26-3/h5-8,13H,4,9-12H2,1-3H3,(H,20,21,22). The highest BCUT2D eigenvalue weighted by Crippen LogP contribution is 2.23. The molecule has 2 heterocycles. The van der Waals surface area contributed by atoms with Gasteiger partial charge in [0, 0.05) is 32.2 Å². The molecule has 0 aliphatic carbocycles. The summed E-state index contributed by atoms with van der Waals surface area (Å²) in [4.78, 5) is 25.7. The average molecular weight is 355 g/mol. The number of esters is 1. The molecule has 1 N–H and O–H groups in total. The number of carbonyl (C=O) groups is 1. The summed E-state index contributed by atoms with van der Waals surface area (Å²) in [6, 6.07) is 9.17. The van der Waals surface area contributed by atoms with E-state index in [9.17, 15) is 4.79 Å². The fourth-order valence-electron chi connectivity index (χ4n) is 3.09. The van der Waals surface area contributed by atoms with E-state index in [-0.39, 0.29) is 5.97 Å². The summed E-state index contributed by atoms with van der Waals surface area (Å²) >= 11 is 0. The lowest BCUT2D eigenvalue weighted by Gasteiger charge is -2.34. The van der Waals surface area contributed by atoms with Gasteiger partial charge >= 0.3 is 5.97 Å². The molecule has 7 heteroatoms. The number of rotatable bonds is 5. The zero-order chi connectivity index (χ0) is 18.5.